The molecule has 1 heterocycles. The van der Waals surface area contributed by atoms with Crippen molar-refractivity contribution in [1.82, 2.24) is 5.32 Å². The summed E-state index contributed by atoms with van der Waals surface area (Å²) in [6.07, 6.45) is 11.7. The molecule has 1 heteroatoms. The van der Waals surface area contributed by atoms with Gasteiger partial charge in [-0.2, -0.15) is 0 Å². The fourth-order valence-electron chi connectivity index (χ4n) is 1.38. The summed E-state index contributed by atoms with van der Waals surface area (Å²) in [7, 11) is 0. The van der Waals surface area contributed by atoms with E-state index in [1.54, 1.807) is 0 Å². The normalized spacial score (nSPS) is 14.4. The summed E-state index contributed by atoms with van der Waals surface area (Å²) in [6, 6.07) is 10.4. The lowest BCUT2D eigenvalue weighted by molar-refractivity contribution is 0.970. The molecule has 1 aliphatic heterocycles. The fourth-order valence-corrected chi connectivity index (χ4v) is 1.38. The zero-order chi connectivity index (χ0) is 9.64. The van der Waals surface area contributed by atoms with Gasteiger partial charge in [-0.3, -0.25) is 0 Å². The Morgan fingerprint density at radius 1 is 1.14 bits per heavy atom. The van der Waals surface area contributed by atoms with Gasteiger partial charge in [0.15, 0.2) is 0 Å². The summed E-state index contributed by atoms with van der Waals surface area (Å²) < 4.78 is 0. The van der Waals surface area contributed by atoms with E-state index in [-0.39, 0.29) is 0 Å². The van der Waals surface area contributed by atoms with Crippen LogP contribution in [0.2, 0.25) is 0 Å². The van der Waals surface area contributed by atoms with Crippen LogP contribution in [0, 0.1) is 6.08 Å². The second-order valence-electron chi connectivity index (χ2n) is 3.17. The molecule has 0 spiro atoms. The molecule has 1 aromatic rings. The number of hydrogen-bond acceptors (Lipinski definition) is 1. The smallest absolute Gasteiger partial charge is 0.0191 e. The van der Waals surface area contributed by atoms with Gasteiger partial charge in [-0.1, -0.05) is 42.5 Å². The van der Waals surface area contributed by atoms with Crippen molar-refractivity contribution in [3.8, 4) is 0 Å². The molecule has 1 N–H and O–H groups in total. The molecule has 69 valence electrons. The molecule has 0 amide bonds. The van der Waals surface area contributed by atoms with Crippen LogP contribution < -0.4 is 5.32 Å². The van der Waals surface area contributed by atoms with E-state index < -0.39 is 0 Å². The maximum Gasteiger partial charge on any atom is 0.0191 e. The molecule has 14 heavy (non-hydrogen) atoms. The first-order valence-corrected chi connectivity index (χ1v) is 4.69. The molecule has 0 unspecified atom stereocenters. The minimum absolute atomic E-state index is 0.934. The lowest BCUT2D eigenvalue weighted by atomic mass is 10.1. The van der Waals surface area contributed by atoms with Gasteiger partial charge in [0.2, 0.25) is 0 Å². The number of benzene rings is 1. The minimum Gasteiger partial charge on any atom is -0.364 e. The zero-order valence-corrected chi connectivity index (χ0v) is 7.90. The van der Waals surface area contributed by atoms with Gasteiger partial charge in [-0.05, 0) is 17.7 Å². The first-order valence-electron chi connectivity index (χ1n) is 4.69. The SMILES string of the molecule is [C]1=CNC(Cc2ccccc2)=CC=C1. The Kier molecular flexibility index (Phi) is 2.82. The van der Waals surface area contributed by atoms with Crippen LogP contribution in [0.3, 0.4) is 0 Å². The minimum atomic E-state index is 0.934. The summed E-state index contributed by atoms with van der Waals surface area (Å²) >= 11 is 0. The third-order valence-electron chi connectivity index (χ3n) is 2.07. The van der Waals surface area contributed by atoms with E-state index in [0.717, 1.165) is 6.42 Å². The van der Waals surface area contributed by atoms with Crippen molar-refractivity contribution in [1.29, 1.82) is 0 Å². The van der Waals surface area contributed by atoms with Crippen LogP contribution in [0.25, 0.3) is 0 Å². The second-order valence-corrected chi connectivity index (χ2v) is 3.17. The Morgan fingerprint density at radius 3 is 2.86 bits per heavy atom. The van der Waals surface area contributed by atoms with Crippen LogP contribution in [0.1, 0.15) is 5.56 Å². The second kappa shape index (κ2) is 4.47. The topological polar surface area (TPSA) is 12.0 Å². The monoisotopic (exact) mass is 182 g/mol. The maximum absolute atomic E-state index is 3.19. The van der Waals surface area contributed by atoms with Gasteiger partial charge in [0.05, 0.1) is 0 Å². The third-order valence-corrected chi connectivity index (χ3v) is 2.07. The molecule has 1 nitrogen and oxygen atoms in total. The molecular weight excluding hydrogens is 170 g/mol. The van der Waals surface area contributed by atoms with Crippen LogP contribution in [-0.2, 0) is 6.42 Å². The van der Waals surface area contributed by atoms with Crippen molar-refractivity contribution in [2.45, 2.75) is 6.42 Å². The molecule has 1 radical (unpaired) electrons. The predicted molar refractivity (Wildman–Crippen MR) is 58.3 cm³/mol. The van der Waals surface area contributed by atoms with Gasteiger partial charge in [-0.25, -0.2) is 0 Å². The Morgan fingerprint density at radius 2 is 2.00 bits per heavy atom. The summed E-state index contributed by atoms with van der Waals surface area (Å²) in [5, 5.41) is 3.19. The summed E-state index contributed by atoms with van der Waals surface area (Å²) in [5.74, 6) is 0. The Balaban J connectivity index is 2.08. The standard InChI is InChI=1S/C13H12N/c1-3-7-12(8-4-1)11-13-9-5-2-6-10-14-13/h1-5,7-10,14H,11H2. The summed E-state index contributed by atoms with van der Waals surface area (Å²) in [4.78, 5) is 0. The van der Waals surface area contributed by atoms with Gasteiger partial charge in [0, 0.05) is 18.3 Å². The molecule has 0 bridgehead atoms. The van der Waals surface area contributed by atoms with Crippen molar-refractivity contribution < 1.29 is 0 Å². The molecule has 0 aliphatic carbocycles. The van der Waals surface area contributed by atoms with Crippen LogP contribution in [0.15, 0.2) is 60.5 Å². The van der Waals surface area contributed by atoms with Gasteiger partial charge in [-0.15, -0.1) is 0 Å². The highest BCUT2D eigenvalue weighted by atomic mass is 14.8. The van der Waals surface area contributed by atoms with Gasteiger partial charge >= 0.3 is 0 Å². The van der Waals surface area contributed by atoms with Crippen molar-refractivity contribution in [2.24, 2.45) is 0 Å². The third kappa shape index (κ3) is 2.36. The average Bonchev–Trinajstić information content (AvgIpc) is 2.48. The molecular formula is C13H12N. The Labute approximate surface area is 84.5 Å². The molecule has 0 fully saturated rings. The summed E-state index contributed by atoms with van der Waals surface area (Å²) in [5.41, 5.74) is 2.51. The van der Waals surface area contributed by atoms with Crippen LogP contribution in [-0.4, -0.2) is 0 Å². The zero-order valence-electron chi connectivity index (χ0n) is 7.90. The highest BCUT2D eigenvalue weighted by Gasteiger charge is 1.96. The van der Waals surface area contributed by atoms with E-state index in [1.807, 2.05) is 24.4 Å². The lowest BCUT2D eigenvalue weighted by Crippen LogP contribution is -2.06. The highest BCUT2D eigenvalue weighted by Crippen LogP contribution is 2.06. The molecule has 1 aliphatic rings. The first-order chi connectivity index (χ1) is 6.95. The molecule has 1 aromatic carbocycles. The molecule has 0 saturated heterocycles. The lowest BCUT2D eigenvalue weighted by Gasteiger charge is -2.05. The van der Waals surface area contributed by atoms with E-state index in [4.69, 9.17) is 0 Å². The van der Waals surface area contributed by atoms with E-state index in [0.29, 0.717) is 0 Å². The molecule has 2 rings (SSSR count). The van der Waals surface area contributed by atoms with E-state index in [1.165, 1.54) is 11.3 Å². The largest absolute Gasteiger partial charge is 0.364 e. The quantitative estimate of drug-likeness (QED) is 0.741. The average molecular weight is 182 g/mol. The Bertz CT molecular complexity index is 371. The van der Waals surface area contributed by atoms with Crippen molar-refractivity contribution in [3.63, 3.8) is 0 Å². The molecule has 0 saturated carbocycles. The first kappa shape index (κ1) is 8.82. The fraction of sp³-hybridized carbons (Fsp3) is 0.0769. The van der Waals surface area contributed by atoms with Crippen LogP contribution >= 0.6 is 0 Å². The summed E-state index contributed by atoms with van der Waals surface area (Å²) in [6.45, 7) is 0. The van der Waals surface area contributed by atoms with E-state index in [9.17, 15) is 0 Å². The van der Waals surface area contributed by atoms with Crippen molar-refractivity contribution in [3.05, 3.63) is 72.1 Å². The predicted octanol–water partition coefficient (Wildman–Crippen LogP) is 2.59. The number of allylic oxidation sites excluding steroid dienone is 5. The van der Waals surface area contributed by atoms with Crippen molar-refractivity contribution in [2.75, 3.05) is 0 Å². The van der Waals surface area contributed by atoms with E-state index >= 15 is 0 Å². The number of hydrogen-bond donors (Lipinski definition) is 1. The van der Waals surface area contributed by atoms with E-state index in [2.05, 4.69) is 41.7 Å². The van der Waals surface area contributed by atoms with Crippen LogP contribution in [0.4, 0.5) is 0 Å². The van der Waals surface area contributed by atoms with Crippen molar-refractivity contribution >= 4 is 0 Å². The van der Waals surface area contributed by atoms with Gasteiger partial charge < -0.3 is 5.32 Å². The van der Waals surface area contributed by atoms with Crippen LogP contribution in [0.5, 0.6) is 0 Å². The number of nitrogens with one attached hydrogen (secondary N) is 1. The molecule has 0 aromatic heterocycles. The Hall–Kier alpha value is -1.76. The molecule has 0 atom stereocenters. The number of rotatable bonds is 2. The highest BCUT2D eigenvalue weighted by molar-refractivity contribution is 5.26. The maximum atomic E-state index is 3.19. The van der Waals surface area contributed by atoms with Gasteiger partial charge in [0.25, 0.3) is 0 Å². The van der Waals surface area contributed by atoms with Gasteiger partial charge in [0.1, 0.15) is 0 Å².